The van der Waals surface area contributed by atoms with Crippen molar-refractivity contribution in [2.45, 2.75) is 20.5 Å². The molecule has 0 spiro atoms. The highest BCUT2D eigenvalue weighted by Crippen LogP contribution is 2.40. The van der Waals surface area contributed by atoms with Crippen molar-refractivity contribution in [3.05, 3.63) is 112 Å². The summed E-state index contributed by atoms with van der Waals surface area (Å²) in [6.07, 6.45) is 3.16. The molecule has 5 nitrogen and oxygen atoms in total. The van der Waals surface area contributed by atoms with Crippen LogP contribution in [-0.4, -0.2) is 19.0 Å². The number of esters is 1. The molecule has 0 saturated heterocycles. The highest BCUT2D eigenvalue weighted by Gasteiger charge is 2.24. The highest BCUT2D eigenvalue weighted by molar-refractivity contribution is 7.17. The number of nitrogens with one attached hydrogen (secondary N) is 1. The second-order valence-corrected chi connectivity index (χ2v) is 9.49. The van der Waals surface area contributed by atoms with Gasteiger partial charge in [-0.2, -0.15) is 0 Å². The number of hydrogen-bond donors (Lipinski definition) is 1. The van der Waals surface area contributed by atoms with E-state index in [1.54, 1.807) is 6.08 Å². The number of carbonyl (C=O) groups is 2. The van der Waals surface area contributed by atoms with Crippen LogP contribution in [0.4, 0.5) is 5.00 Å². The summed E-state index contributed by atoms with van der Waals surface area (Å²) >= 11 is 1.35. The summed E-state index contributed by atoms with van der Waals surface area (Å²) in [5.41, 5.74) is 5.20. The van der Waals surface area contributed by atoms with E-state index in [1.807, 2.05) is 61.5 Å². The van der Waals surface area contributed by atoms with Gasteiger partial charge in [-0.05, 0) is 48.7 Å². The highest BCUT2D eigenvalue weighted by atomic mass is 32.1. The molecule has 4 rings (SSSR count). The number of methoxy groups -OCH3 is 1. The third-order valence-electron chi connectivity index (χ3n) is 5.61. The molecule has 1 amide bonds. The first-order valence-electron chi connectivity index (χ1n) is 11.5. The summed E-state index contributed by atoms with van der Waals surface area (Å²) < 4.78 is 10.9. The molecule has 6 heteroatoms. The Morgan fingerprint density at radius 2 is 1.61 bits per heavy atom. The molecule has 4 aromatic rings. The van der Waals surface area contributed by atoms with Crippen molar-refractivity contribution in [3.8, 4) is 16.9 Å². The second-order valence-electron chi connectivity index (χ2n) is 8.26. The molecule has 0 radical (unpaired) electrons. The van der Waals surface area contributed by atoms with Crippen molar-refractivity contribution in [2.24, 2.45) is 0 Å². The minimum Gasteiger partial charge on any atom is -0.489 e. The lowest BCUT2D eigenvalue weighted by Crippen LogP contribution is -2.11. The third kappa shape index (κ3) is 6.09. The van der Waals surface area contributed by atoms with E-state index in [2.05, 4.69) is 36.5 Å². The summed E-state index contributed by atoms with van der Waals surface area (Å²) in [5, 5.41) is 3.31. The SMILES string of the molecule is COC(=O)c1c(NC(=O)/C=C/c2ccc(OCc3ccc(C)cc3)cc2)sc(C)c1-c1ccccc1. The minimum atomic E-state index is -0.487. The van der Waals surface area contributed by atoms with Crippen LogP contribution in [0.15, 0.2) is 84.9 Å². The third-order valence-corrected chi connectivity index (χ3v) is 6.63. The van der Waals surface area contributed by atoms with Crippen molar-refractivity contribution in [1.82, 2.24) is 0 Å². The monoisotopic (exact) mass is 497 g/mol. The lowest BCUT2D eigenvalue weighted by molar-refractivity contribution is -0.111. The number of anilines is 1. The normalized spacial score (nSPS) is 10.9. The summed E-state index contributed by atoms with van der Waals surface area (Å²) in [6.45, 7) is 4.47. The van der Waals surface area contributed by atoms with Gasteiger partial charge in [-0.3, -0.25) is 4.79 Å². The van der Waals surface area contributed by atoms with Crippen molar-refractivity contribution in [1.29, 1.82) is 0 Å². The maximum atomic E-state index is 12.7. The summed E-state index contributed by atoms with van der Waals surface area (Å²) in [7, 11) is 1.34. The van der Waals surface area contributed by atoms with Gasteiger partial charge < -0.3 is 14.8 Å². The molecule has 0 aliphatic heterocycles. The van der Waals surface area contributed by atoms with E-state index in [4.69, 9.17) is 9.47 Å². The standard InChI is InChI=1S/C30H27NO4S/c1-20-9-11-23(12-10-20)19-35-25-16-13-22(14-17-25)15-18-26(32)31-29-28(30(33)34-3)27(21(2)36-29)24-7-5-4-6-8-24/h4-18H,19H2,1-3H3,(H,31,32)/b18-15+. The zero-order chi connectivity index (χ0) is 25.5. The molecule has 0 aliphatic rings. The summed E-state index contributed by atoms with van der Waals surface area (Å²) in [5.74, 6) is -0.0678. The molecule has 182 valence electrons. The van der Waals surface area contributed by atoms with Gasteiger partial charge in [0.05, 0.1) is 7.11 Å². The van der Waals surface area contributed by atoms with E-state index in [-0.39, 0.29) is 5.91 Å². The Hall–Kier alpha value is -4.16. The maximum absolute atomic E-state index is 12.7. The Bertz CT molecular complexity index is 1370. The van der Waals surface area contributed by atoms with Crippen LogP contribution in [0.3, 0.4) is 0 Å². The lowest BCUT2D eigenvalue weighted by Gasteiger charge is -2.07. The van der Waals surface area contributed by atoms with Crippen molar-refractivity contribution in [3.63, 3.8) is 0 Å². The number of rotatable bonds is 8. The Morgan fingerprint density at radius 1 is 0.917 bits per heavy atom. The second kappa shape index (κ2) is 11.5. The van der Waals surface area contributed by atoms with Gasteiger partial charge in [0.15, 0.2) is 0 Å². The Labute approximate surface area is 215 Å². The molecular weight excluding hydrogens is 470 g/mol. The van der Waals surface area contributed by atoms with Gasteiger partial charge in [-0.15, -0.1) is 11.3 Å². The zero-order valence-electron chi connectivity index (χ0n) is 20.4. The van der Waals surface area contributed by atoms with Crippen molar-refractivity contribution < 1.29 is 19.1 Å². The van der Waals surface area contributed by atoms with E-state index in [1.165, 1.54) is 30.1 Å². The van der Waals surface area contributed by atoms with Crippen LogP contribution in [0, 0.1) is 13.8 Å². The number of benzene rings is 3. The molecule has 0 atom stereocenters. The van der Waals surface area contributed by atoms with E-state index in [0.717, 1.165) is 32.9 Å². The molecule has 0 saturated carbocycles. The fraction of sp³-hybridized carbons (Fsp3) is 0.133. The van der Waals surface area contributed by atoms with Crippen LogP contribution in [0.5, 0.6) is 5.75 Å². The van der Waals surface area contributed by atoms with Crippen molar-refractivity contribution in [2.75, 3.05) is 12.4 Å². The molecule has 36 heavy (non-hydrogen) atoms. The topological polar surface area (TPSA) is 64.6 Å². The van der Waals surface area contributed by atoms with E-state index < -0.39 is 5.97 Å². The minimum absolute atomic E-state index is 0.333. The number of ether oxygens (including phenoxy) is 2. The van der Waals surface area contributed by atoms with Crippen LogP contribution >= 0.6 is 11.3 Å². The predicted molar refractivity (Wildman–Crippen MR) is 145 cm³/mol. The average molecular weight is 498 g/mol. The quantitative estimate of drug-likeness (QED) is 0.209. The van der Waals surface area contributed by atoms with Gasteiger partial charge in [-0.1, -0.05) is 72.3 Å². The molecular formula is C30H27NO4S. The Morgan fingerprint density at radius 3 is 2.28 bits per heavy atom. The van der Waals surface area contributed by atoms with Gasteiger partial charge in [0.25, 0.3) is 0 Å². The van der Waals surface area contributed by atoms with Gasteiger partial charge in [0.2, 0.25) is 5.91 Å². The maximum Gasteiger partial charge on any atom is 0.341 e. The first-order valence-corrected chi connectivity index (χ1v) is 12.3. The van der Waals surface area contributed by atoms with Gasteiger partial charge in [-0.25, -0.2) is 4.79 Å². The molecule has 0 bridgehead atoms. The van der Waals surface area contributed by atoms with Gasteiger partial charge >= 0.3 is 5.97 Å². The van der Waals surface area contributed by atoms with Crippen LogP contribution in [0.25, 0.3) is 17.2 Å². The number of thiophene rings is 1. The number of amides is 1. The predicted octanol–water partition coefficient (Wildman–Crippen LogP) is 7.05. The molecule has 0 unspecified atom stereocenters. The lowest BCUT2D eigenvalue weighted by atomic mass is 10.0. The fourth-order valence-electron chi connectivity index (χ4n) is 3.73. The summed E-state index contributed by atoms with van der Waals surface area (Å²) in [6, 6.07) is 25.3. The molecule has 1 N–H and O–H groups in total. The average Bonchev–Trinajstić information content (AvgIpc) is 3.23. The van der Waals surface area contributed by atoms with Gasteiger partial charge in [0, 0.05) is 16.5 Å². The molecule has 0 fully saturated rings. The van der Waals surface area contributed by atoms with E-state index in [9.17, 15) is 9.59 Å². The van der Waals surface area contributed by atoms with Gasteiger partial charge in [0.1, 0.15) is 22.9 Å². The zero-order valence-corrected chi connectivity index (χ0v) is 21.2. The first-order chi connectivity index (χ1) is 17.4. The molecule has 3 aromatic carbocycles. The van der Waals surface area contributed by atoms with Crippen LogP contribution < -0.4 is 10.1 Å². The largest absolute Gasteiger partial charge is 0.489 e. The Kier molecular flexibility index (Phi) is 7.98. The number of aryl methyl sites for hydroxylation is 2. The van der Waals surface area contributed by atoms with Crippen LogP contribution in [0.1, 0.15) is 31.9 Å². The molecule has 1 aromatic heterocycles. The summed E-state index contributed by atoms with van der Waals surface area (Å²) in [4.78, 5) is 26.2. The Balaban J connectivity index is 1.43. The van der Waals surface area contributed by atoms with E-state index >= 15 is 0 Å². The van der Waals surface area contributed by atoms with Crippen LogP contribution in [-0.2, 0) is 16.1 Å². The van der Waals surface area contributed by atoms with Crippen LogP contribution in [0.2, 0.25) is 0 Å². The smallest absolute Gasteiger partial charge is 0.341 e. The van der Waals surface area contributed by atoms with Crippen molar-refractivity contribution >= 4 is 34.3 Å². The molecule has 0 aliphatic carbocycles. The molecule has 1 heterocycles. The van der Waals surface area contributed by atoms with E-state index in [0.29, 0.717) is 17.2 Å². The number of carbonyl (C=O) groups excluding carboxylic acids is 2. The first kappa shape index (κ1) is 24.9. The number of hydrogen-bond acceptors (Lipinski definition) is 5. The fourth-order valence-corrected chi connectivity index (χ4v) is 4.80.